The van der Waals surface area contributed by atoms with Gasteiger partial charge in [0.05, 0.1) is 0 Å². The van der Waals surface area contributed by atoms with E-state index >= 15 is 0 Å². The molecule has 1 aliphatic rings. The summed E-state index contributed by atoms with van der Waals surface area (Å²) in [6.45, 7) is 4.38. The molecule has 0 aromatic heterocycles. The van der Waals surface area contributed by atoms with E-state index in [1.54, 1.807) is 6.92 Å². The van der Waals surface area contributed by atoms with Crippen LogP contribution in [0, 0.1) is 6.92 Å². The quantitative estimate of drug-likeness (QED) is 0.904. The summed E-state index contributed by atoms with van der Waals surface area (Å²) in [5.74, 6) is 0.699. The zero-order valence-corrected chi connectivity index (χ0v) is 14.5. The minimum Gasteiger partial charge on any atom is -0.481 e. The van der Waals surface area contributed by atoms with Gasteiger partial charge in [-0.05, 0) is 73.9 Å². The van der Waals surface area contributed by atoms with Crippen molar-refractivity contribution in [1.29, 1.82) is 0 Å². The molecule has 0 aliphatic heterocycles. The molecule has 126 valence electrons. The minimum absolute atomic E-state index is 0.0871. The van der Waals surface area contributed by atoms with E-state index in [1.807, 2.05) is 24.3 Å². The Morgan fingerprint density at radius 1 is 1.12 bits per heavy atom. The van der Waals surface area contributed by atoms with Gasteiger partial charge in [-0.15, -0.1) is 0 Å². The first-order chi connectivity index (χ1) is 11.6. The SMILES string of the molecule is Cc1ccccc1CNC(=O)[C@@H](C)Oc1ccc2c(c1)CCCC2. The summed E-state index contributed by atoms with van der Waals surface area (Å²) in [7, 11) is 0. The lowest BCUT2D eigenvalue weighted by Crippen LogP contribution is -2.36. The maximum absolute atomic E-state index is 12.3. The maximum atomic E-state index is 12.3. The Kier molecular flexibility index (Phi) is 5.19. The lowest BCUT2D eigenvalue weighted by molar-refractivity contribution is -0.127. The molecule has 1 N–H and O–H groups in total. The predicted octanol–water partition coefficient (Wildman–Crippen LogP) is 3.96. The Morgan fingerprint density at radius 3 is 2.67 bits per heavy atom. The van der Waals surface area contributed by atoms with Crippen LogP contribution < -0.4 is 10.1 Å². The zero-order valence-electron chi connectivity index (χ0n) is 14.5. The van der Waals surface area contributed by atoms with Crippen LogP contribution >= 0.6 is 0 Å². The first kappa shape index (κ1) is 16.6. The van der Waals surface area contributed by atoms with E-state index in [0.29, 0.717) is 6.54 Å². The Labute approximate surface area is 144 Å². The summed E-state index contributed by atoms with van der Waals surface area (Å²) in [6, 6.07) is 14.3. The largest absolute Gasteiger partial charge is 0.481 e. The summed E-state index contributed by atoms with van der Waals surface area (Å²) in [5.41, 5.74) is 5.10. The van der Waals surface area contributed by atoms with Gasteiger partial charge in [0.2, 0.25) is 0 Å². The van der Waals surface area contributed by atoms with E-state index < -0.39 is 6.10 Å². The number of aryl methyl sites for hydroxylation is 3. The number of rotatable bonds is 5. The van der Waals surface area contributed by atoms with Gasteiger partial charge in [0.1, 0.15) is 5.75 Å². The molecule has 0 radical (unpaired) electrons. The van der Waals surface area contributed by atoms with E-state index in [9.17, 15) is 4.79 Å². The molecule has 0 fully saturated rings. The molecule has 3 nitrogen and oxygen atoms in total. The van der Waals surface area contributed by atoms with Crippen LogP contribution in [0.15, 0.2) is 42.5 Å². The van der Waals surface area contributed by atoms with Gasteiger partial charge in [0.15, 0.2) is 6.10 Å². The van der Waals surface area contributed by atoms with Crippen LogP contribution in [0.4, 0.5) is 0 Å². The highest BCUT2D eigenvalue weighted by Crippen LogP contribution is 2.25. The van der Waals surface area contributed by atoms with E-state index in [-0.39, 0.29) is 5.91 Å². The summed E-state index contributed by atoms with van der Waals surface area (Å²) in [4.78, 5) is 12.3. The van der Waals surface area contributed by atoms with Gasteiger partial charge in [-0.3, -0.25) is 4.79 Å². The second-order valence-electron chi connectivity index (χ2n) is 6.54. The highest BCUT2D eigenvalue weighted by atomic mass is 16.5. The van der Waals surface area contributed by atoms with Gasteiger partial charge in [0, 0.05) is 6.54 Å². The molecule has 1 amide bonds. The summed E-state index contributed by atoms with van der Waals surface area (Å²) < 4.78 is 5.85. The molecule has 1 atom stereocenters. The lowest BCUT2D eigenvalue weighted by Gasteiger charge is -2.19. The number of carbonyl (C=O) groups is 1. The van der Waals surface area contributed by atoms with Gasteiger partial charge in [-0.1, -0.05) is 30.3 Å². The molecule has 1 aliphatic carbocycles. The van der Waals surface area contributed by atoms with Crippen molar-refractivity contribution in [3.05, 3.63) is 64.7 Å². The standard InChI is InChI=1S/C21H25NO2/c1-15-7-3-4-10-19(15)14-22-21(23)16(2)24-20-12-11-17-8-5-6-9-18(17)13-20/h3-4,7,10-13,16H,5-6,8-9,14H2,1-2H3,(H,22,23)/t16-/m1/s1. The monoisotopic (exact) mass is 323 g/mol. The van der Waals surface area contributed by atoms with Crippen LogP contribution in [0.25, 0.3) is 0 Å². The van der Waals surface area contributed by atoms with Gasteiger partial charge in [-0.2, -0.15) is 0 Å². The molecular weight excluding hydrogens is 298 g/mol. The second-order valence-corrected chi connectivity index (χ2v) is 6.54. The number of hydrogen-bond donors (Lipinski definition) is 1. The first-order valence-electron chi connectivity index (χ1n) is 8.74. The number of hydrogen-bond acceptors (Lipinski definition) is 2. The number of ether oxygens (including phenoxy) is 1. The molecule has 3 heteroatoms. The third-order valence-corrected chi connectivity index (χ3v) is 4.72. The predicted molar refractivity (Wildman–Crippen MR) is 96.2 cm³/mol. The second kappa shape index (κ2) is 7.52. The normalized spacial score (nSPS) is 14.6. The van der Waals surface area contributed by atoms with Crippen LogP contribution in [0.2, 0.25) is 0 Å². The number of nitrogens with one attached hydrogen (secondary N) is 1. The lowest BCUT2D eigenvalue weighted by atomic mass is 9.92. The molecule has 2 aromatic rings. The zero-order chi connectivity index (χ0) is 16.9. The summed E-state index contributed by atoms with van der Waals surface area (Å²) in [6.07, 6.45) is 4.27. The van der Waals surface area contributed by atoms with Gasteiger partial charge < -0.3 is 10.1 Å². The van der Waals surface area contributed by atoms with Crippen LogP contribution in [0.5, 0.6) is 5.75 Å². The van der Waals surface area contributed by atoms with Crippen molar-refractivity contribution in [2.75, 3.05) is 0 Å². The number of carbonyl (C=O) groups excluding carboxylic acids is 1. The molecule has 3 rings (SSSR count). The van der Waals surface area contributed by atoms with Crippen molar-refractivity contribution in [1.82, 2.24) is 5.32 Å². The topological polar surface area (TPSA) is 38.3 Å². The first-order valence-corrected chi connectivity index (χ1v) is 8.74. The molecule has 0 saturated carbocycles. The van der Waals surface area contributed by atoms with Gasteiger partial charge in [-0.25, -0.2) is 0 Å². The smallest absolute Gasteiger partial charge is 0.261 e. The highest BCUT2D eigenvalue weighted by molar-refractivity contribution is 5.80. The fourth-order valence-electron chi connectivity index (χ4n) is 3.18. The fraction of sp³-hybridized carbons (Fsp3) is 0.381. The van der Waals surface area contributed by atoms with E-state index in [4.69, 9.17) is 4.74 Å². The van der Waals surface area contributed by atoms with Crippen molar-refractivity contribution in [2.45, 2.75) is 52.2 Å². The minimum atomic E-state index is -0.504. The molecule has 0 bridgehead atoms. The Balaban J connectivity index is 1.57. The fourth-order valence-corrected chi connectivity index (χ4v) is 3.18. The molecule has 0 heterocycles. The third kappa shape index (κ3) is 3.97. The number of amides is 1. The average molecular weight is 323 g/mol. The van der Waals surface area contributed by atoms with Gasteiger partial charge >= 0.3 is 0 Å². The average Bonchev–Trinajstić information content (AvgIpc) is 2.60. The molecule has 0 spiro atoms. The van der Waals surface area contributed by atoms with E-state index in [2.05, 4.69) is 30.4 Å². The van der Waals surface area contributed by atoms with Crippen molar-refractivity contribution >= 4 is 5.91 Å². The molecular formula is C21H25NO2. The Hall–Kier alpha value is -2.29. The summed E-state index contributed by atoms with van der Waals surface area (Å²) in [5, 5.41) is 2.96. The Morgan fingerprint density at radius 2 is 1.88 bits per heavy atom. The van der Waals surface area contributed by atoms with Crippen molar-refractivity contribution in [3.8, 4) is 5.75 Å². The van der Waals surface area contributed by atoms with Crippen molar-refractivity contribution in [3.63, 3.8) is 0 Å². The number of fused-ring (bicyclic) bond motifs is 1. The van der Waals surface area contributed by atoms with Crippen molar-refractivity contribution in [2.24, 2.45) is 0 Å². The van der Waals surface area contributed by atoms with Gasteiger partial charge in [0.25, 0.3) is 5.91 Å². The van der Waals surface area contributed by atoms with Crippen LogP contribution in [0.3, 0.4) is 0 Å². The third-order valence-electron chi connectivity index (χ3n) is 4.72. The van der Waals surface area contributed by atoms with E-state index in [1.165, 1.54) is 29.5 Å². The molecule has 2 aromatic carbocycles. The van der Waals surface area contributed by atoms with Crippen LogP contribution in [-0.2, 0) is 24.2 Å². The van der Waals surface area contributed by atoms with Crippen LogP contribution in [-0.4, -0.2) is 12.0 Å². The molecule has 0 saturated heterocycles. The highest BCUT2D eigenvalue weighted by Gasteiger charge is 2.16. The maximum Gasteiger partial charge on any atom is 0.261 e. The van der Waals surface area contributed by atoms with Crippen LogP contribution in [0.1, 0.15) is 42.0 Å². The molecule has 24 heavy (non-hydrogen) atoms. The summed E-state index contributed by atoms with van der Waals surface area (Å²) >= 11 is 0. The number of benzene rings is 2. The Bertz CT molecular complexity index is 724. The molecule has 0 unspecified atom stereocenters. The van der Waals surface area contributed by atoms with E-state index in [0.717, 1.165) is 24.2 Å². The van der Waals surface area contributed by atoms with Crippen molar-refractivity contribution < 1.29 is 9.53 Å².